The van der Waals surface area contributed by atoms with Gasteiger partial charge in [-0.25, -0.2) is 13.1 Å². The van der Waals surface area contributed by atoms with Crippen molar-refractivity contribution in [1.82, 2.24) is 4.72 Å². The van der Waals surface area contributed by atoms with Gasteiger partial charge in [-0.1, -0.05) is 62.4 Å². The molecule has 1 N–H and O–H groups in total. The van der Waals surface area contributed by atoms with Crippen LogP contribution in [0.5, 0.6) is 11.5 Å². The fraction of sp³-hybridized carbons (Fsp3) is 0.308. The zero-order valence-electron chi connectivity index (χ0n) is 18.5. The predicted molar refractivity (Wildman–Crippen MR) is 126 cm³/mol. The van der Waals surface area contributed by atoms with E-state index in [-0.39, 0.29) is 4.90 Å². The lowest BCUT2D eigenvalue weighted by Gasteiger charge is -2.21. The molecule has 0 fully saturated rings. The zero-order valence-corrected chi connectivity index (χ0v) is 19.3. The van der Waals surface area contributed by atoms with Gasteiger partial charge in [0.1, 0.15) is 0 Å². The monoisotopic (exact) mass is 451 g/mol. The maximum atomic E-state index is 13.3. The molecule has 1 unspecified atom stereocenters. The molecule has 0 amide bonds. The van der Waals surface area contributed by atoms with E-state index in [9.17, 15) is 8.42 Å². The molecule has 168 valence electrons. The summed E-state index contributed by atoms with van der Waals surface area (Å²) in [4.78, 5) is 0.259. The lowest BCUT2D eigenvalue weighted by Crippen LogP contribution is -2.30. The van der Waals surface area contributed by atoms with E-state index in [0.717, 1.165) is 23.1 Å². The highest BCUT2D eigenvalue weighted by atomic mass is 32.2. The molecule has 1 aliphatic heterocycles. The molecule has 0 aromatic heterocycles. The number of fused-ring (bicyclic) bond motifs is 1. The van der Waals surface area contributed by atoms with Crippen molar-refractivity contribution in [3.8, 4) is 11.5 Å². The molecule has 5 nitrogen and oxygen atoms in total. The highest BCUT2D eigenvalue weighted by Gasteiger charge is 2.24. The summed E-state index contributed by atoms with van der Waals surface area (Å²) in [7, 11) is -3.72. The summed E-state index contributed by atoms with van der Waals surface area (Å²) in [6, 6.07) is 22.2. The van der Waals surface area contributed by atoms with E-state index in [4.69, 9.17) is 9.47 Å². The third-order valence-corrected chi connectivity index (χ3v) is 7.10. The minimum Gasteiger partial charge on any atom is -0.490 e. The van der Waals surface area contributed by atoms with Gasteiger partial charge in [-0.2, -0.15) is 0 Å². The topological polar surface area (TPSA) is 64.6 Å². The molecule has 0 radical (unpaired) electrons. The first-order valence-corrected chi connectivity index (χ1v) is 12.5. The second kappa shape index (κ2) is 9.76. The van der Waals surface area contributed by atoms with E-state index < -0.39 is 16.1 Å². The second-order valence-electron chi connectivity index (χ2n) is 8.34. The van der Waals surface area contributed by atoms with Crippen LogP contribution < -0.4 is 14.2 Å². The first-order valence-electron chi connectivity index (χ1n) is 11.0. The number of nitrogens with one attached hydrogen (secondary N) is 1. The number of hydrogen-bond donors (Lipinski definition) is 1. The summed E-state index contributed by atoms with van der Waals surface area (Å²) < 4.78 is 41.0. The van der Waals surface area contributed by atoms with Crippen LogP contribution in [-0.4, -0.2) is 21.6 Å². The Morgan fingerprint density at radius 3 is 2.19 bits per heavy atom. The summed E-state index contributed by atoms with van der Waals surface area (Å²) in [5, 5.41) is 0. The Balaban J connectivity index is 1.66. The molecule has 0 aliphatic carbocycles. The Morgan fingerprint density at radius 2 is 1.50 bits per heavy atom. The maximum absolute atomic E-state index is 13.3. The Morgan fingerprint density at radius 1 is 0.844 bits per heavy atom. The molecular weight excluding hydrogens is 422 g/mol. The fourth-order valence-corrected chi connectivity index (χ4v) is 4.99. The van der Waals surface area contributed by atoms with Gasteiger partial charge in [0.15, 0.2) is 11.5 Å². The first-order chi connectivity index (χ1) is 15.4. The van der Waals surface area contributed by atoms with E-state index in [0.29, 0.717) is 37.1 Å². The van der Waals surface area contributed by atoms with E-state index in [1.165, 1.54) is 0 Å². The van der Waals surface area contributed by atoms with Gasteiger partial charge in [0, 0.05) is 6.42 Å². The van der Waals surface area contributed by atoms with Crippen LogP contribution in [0, 0.1) is 0 Å². The Kier molecular flexibility index (Phi) is 6.82. The number of benzene rings is 3. The van der Waals surface area contributed by atoms with Crippen LogP contribution in [0.25, 0.3) is 0 Å². The Hall–Kier alpha value is -2.83. The molecule has 1 heterocycles. The number of sulfonamides is 1. The molecule has 0 saturated carbocycles. The van der Waals surface area contributed by atoms with Gasteiger partial charge in [0.2, 0.25) is 10.0 Å². The largest absolute Gasteiger partial charge is 0.490 e. The highest BCUT2D eigenvalue weighted by Crippen LogP contribution is 2.34. The molecule has 3 aromatic carbocycles. The van der Waals surface area contributed by atoms with E-state index in [2.05, 4.69) is 18.6 Å². The fourth-order valence-electron chi connectivity index (χ4n) is 3.76. The van der Waals surface area contributed by atoms with Crippen molar-refractivity contribution in [2.45, 2.75) is 43.5 Å². The van der Waals surface area contributed by atoms with Crippen molar-refractivity contribution in [1.29, 1.82) is 0 Å². The molecule has 0 bridgehead atoms. The molecular formula is C26H29NO4S. The molecule has 32 heavy (non-hydrogen) atoms. The van der Waals surface area contributed by atoms with Crippen molar-refractivity contribution in [2.24, 2.45) is 0 Å². The predicted octanol–water partition coefficient (Wildman–Crippen LogP) is 5.23. The van der Waals surface area contributed by atoms with Crippen molar-refractivity contribution < 1.29 is 17.9 Å². The van der Waals surface area contributed by atoms with Crippen LogP contribution >= 0.6 is 0 Å². The average Bonchev–Trinajstić information content (AvgIpc) is 3.04. The molecule has 1 atom stereocenters. The van der Waals surface area contributed by atoms with Gasteiger partial charge in [-0.05, 0) is 53.3 Å². The Labute approximate surface area is 190 Å². The summed E-state index contributed by atoms with van der Waals surface area (Å²) in [6.07, 6.45) is 1.33. The van der Waals surface area contributed by atoms with E-state index >= 15 is 0 Å². The van der Waals surface area contributed by atoms with Crippen molar-refractivity contribution in [3.05, 3.63) is 89.5 Å². The number of ether oxygens (including phenoxy) is 2. The van der Waals surface area contributed by atoms with Crippen LogP contribution in [-0.2, 0) is 16.4 Å². The van der Waals surface area contributed by atoms with Crippen molar-refractivity contribution in [2.75, 3.05) is 13.2 Å². The van der Waals surface area contributed by atoms with Gasteiger partial charge in [-0.15, -0.1) is 0 Å². The minimum absolute atomic E-state index is 0.259. The number of rotatable bonds is 7. The highest BCUT2D eigenvalue weighted by molar-refractivity contribution is 7.89. The lowest BCUT2D eigenvalue weighted by atomic mass is 9.99. The molecule has 0 spiro atoms. The molecule has 1 aliphatic rings. The maximum Gasteiger partial charge on any atom is 0.241 e. The van der Waals surface area contributed by atoms with Gasteiger partial charge in [-0.3, -0.25) is 0 Å². The molecule has 3 aromatic rings. The standard InChI is InChI=1S/C26H29NO4S/c1-19(2)21-9-12-23(13-10-21)32(28,29)27-24(17-20-7-4-3-5-8-20)22-11-14-25-26(18-22)31-16-6-15-30-25/h3-5,7-14,18-19,24,27H,6,15-17H2,1-2H3. The number of hydrogen-bond acceptors (Lipinski definition) is 4. The lowest BCUT2D eigenvalue weighted by molar-refractivity contribution is 0.297. The molecule has 6 heteroatoms. The molecule has 4 rings (SSSR count). The van der Waals surface area contributed by atoms with E-state index in [1.54, 1.807) is 12.1 Å². The van der Waals surface area contributed by atoms with Crippen molar-refractivity contribution in [3.63, 3.8) is 0 Å². The third-order valence-electron chi connectivity index (χ3n) is 5.61. The van der Waals surface area contributed by atoms with Gasteiger partial charge < -0.3 is 9.47 Å². The van der Waals surface area contributed by atoms with Gasteiger partial charge in [0.25, 0.3) is 0 Å². The summed E-state index contributed by atoms with van der Waals surface area (Å²) in [6.45, 7) is 5.36. The summed E-state index contributed by atoms with van der Waals surface area (Å²) >= 11 is 0. The second-order valence-corrected chi connectivity index (χ2v) is 10.1. The minimum atomic E-state index is -3.72. The zero-order chi connectivity index (χ0) is 22.6. The normalized spacial score (nSPS) is 14.7. The molecule has 0 saturated heterocycles. The van der Waals surface area contributed by atoms with Gasteiger partial charge >= 0.3 is 0 Å². The quantitative estimate of drug-likeness (QED) is 0.534. The van der Waals surface area contributed by atoms with E-state index in [1.807, 2.05) is 60.7 Å². The van der Waals surface area contributed by atoms with Crippen LogP contribution in [0.3, 0.4) is 0 Å². The summed E-state index contributed by atoms with van der Waals surface area (Å²) in [5.41, 5.74) is 2.98. The van der Waals surface area contributed by atoms with Crippen LogP contribution in [0.4, 0.5) is 0 Å². The van der Waals surface area contributed by atoms with Crippen LogP contribution in [0.1, 0.15) is 48.9 Å². The van der Waals surface area contributed by atoms with Gasteiger partial charge in [0.05, 0.1) is 24.2 Å². The SMILES string of the molecule is CC(C)c1ccc(S(=O)(=O)NC(Cc2ccccc2)c2ccc3c(c2)OCCCO3)cc1. The van der Waals surface area contributed by atoms with Crippen LogP contribution in [0.2, 0.25) is 0 Å². The van der Waals surface area contributed by atoms with Crippen molar-refractivity contribution >= 4 is 10.0 Å². The Bertz CT molecular complexity index is 1140. The smallest absolute Gasteiger partial charge is 0.241 e. The third kappa shape index (κ3) is 5.31. The first kappa shape index (κ1) is 22.4. The average molecular weight is 452 g/mol. The van der Waals surface area contributed by atoms with Crippen LogP contribution in [0.15, 0.2) is 77.7 Å². The summed E-state index contributed by atoms with van der Waals surface area (Å²) in [5.74, 6) is 1.68.